The van der Waals surface area contributed by atoms with E-state index in [1.807, 2.05) is 6.08 Å². The molecule has 0 radical (unpaired) electrons. The number of hydrogen-bond acceptors (Lipinski definition) is 2. The van der Waals surface area contributed by atoms with Crippen molar-refractivity contribution in [2.75, 3.05) is 26.7 Å². The van der Waals surface area contributed by atoms with E-state index in [1.165, 1.54) is 12.8 Å². The van der Waals surface area contributed by atoms with Crippen LogP contribution in [-0.4, -0.2) is 37.6 Å². The van der Waals surface area contributed by atoms with Crippen molar-refractivity contribution < 1.29 is 0 Å². The lowest BCUT2D eigenvalue weighted by atomic mass is 10.2. The highest BCUT2D eigenvalue weighted by molar-refractivity contribution is 4.84. The standard InChI is InChI=1S/C11H22N2/c1-4-7-12-8-9-13(3)10(2)11-5-6-11/h4,10-12H,1,5-9H2,2-3H3. The predicted molar refractivity (Wildman–Crippen MR) is 57.9 cm³/mol. The van der Waals surface area contributed by atoms with E-state index in [4.69, 9.17) is 0 Å². The Balaban J connectivity index is 2.02. The van der Waals surface area contributed by atoms with Crippen LogP contribution >= 0.6 is 0 Å². The summed E-state index contributed by atoms with van der Waals surface area (Å²) in [5, 5.41) is 3.32. The Morgan fingerprint density at radius 3 is 2.85 bits per heavy atom. The molecule has 0 bridgehead atoms. The largest absolute Gasteiger partial charge is 0.312 e. The fourth-order valence-corrected chi connectivity index (χ4v) is 1.60. The van der Waals surface area contributed by atoms with Crippen molar-refractivity contribution in [3.05, 3.63) is 12.7 Å². The van der Waals surface area contributed by atoms with E-state index in [-0.39, 0.29) is 0 Å². The lowest BCUT2D eigenvalue weighted by Gasteiger charge is -2.24. The van der Waals surface area contributed by atoms with Crippen LogP contribution in [0.25, 0.3) is 0 Å². The first-order valence-electron chi connectivity index (χ1n) is 5.27. The zero-order valence-electron chi connectivity index (χ0n) is 8.92. The van der Waals surface area contributed by atoms with Gasteiger partial charge in [0, 0.05) is 25.7 Å². The monoisotopic (exact) mass is 182 g/mol. The van der Waals surface area contributed by atoms with Gasteiger partial charge in [0.25, 0.3) is 0 Å². The molecule has 0 heterocycles. The first-order valence-corrected chi connectivity index (χ1v) is 5.27. The van der Waals surface area contributed by atoms with Gasteiger partial charge in [-0.05, 0) is 32.7 Å². The maximum atomic E-state index is 3.67. The summed E-state index contributed by atoms with van der Waals surface area (Å²) in [5.41, 5.74) is 0. The molecule has 0 saturated heterocycles. The van der Waals surface area contributed by atoms with Crippen molar-refractivity contribution in [3.8, 4) is 0 Å². The highest BCUT2D eigenvalue weighted by atomic mass is 15.1. The highest BCUT2D eigenvalue weighted by Crippen LogP contribution is 2.34. The van der Waals surface area contributed by atoms with Gasteiger partial charge >= 0.3 is 0 Å². The van der Waals surface area contributed by atoms with Crippen LogP contribution in [0.3, 0.4) is 0 Å². The van der Waals surface area contributed by atoms with Gasteiger partial charge < -0.3 is 10.2 Å². The van der Waals surface area contributed by atoms with Crippen molar-refractivity contribution in [1.29, 1.82) is 0 Å². The van der Waals surface area contributed by atoms with Gasteiger partial charge in [-0.15, -0.1) is 6.58 Å². The van der Waals surface area contributed by atoms with E-state index in [0.29, 0.717) is 0 Å². The third-order valence-corrected chi connectivity index (χ3v) is 2.93. The van der Waals surface area contributed by atoms with Gasteiger partial charge in [-0.2, -0.15) is 0 Å². The summed E-state index contributed by atoms with van der Waals surface area (Å²) in [7, 11) is 2.22. The first-order chi connectivity index (χ1) is 6.25. The van der Waals surface area contributed by atoms with E-state index in [0.717, 1.165) is 31.6 Å². The molecule has 0 amide bonds. The summed E-state index contributed by atoms with van der Waals surface area (Å²) in [6.45, 7) is 9.15. The summed E-state index contributed by atoms with van der Waals surface area (Å²) in [5.74, 6) is 0.976. The van der Waals surface area contributed by atoms with E-state index >= 15 is 0 Å². The fourth-order valence-electron chi connectivity index (χ4n) is 1.60. The lowest BCUT2D eigenvalue weighted by Crippen LogP contribution is -2.36. The molecule has 1 aliphatic rings. The van der Waals surface area contributed by atoms with Crippen molar-refractivity contribution in [2.24, 2.45) is 5.92 Å². The second kappa shape index (κ2) is 5.40. The Bertz CT molecular complexity index is 152. The number of nitrogens with zero attached hydrogens (tertiary/aromatic N) is 1. The average molecular weight is 182 g/mol. The van der Waals surface area contributed by atoms with Gasteiger partial charge in [0.1, 0.15) is 0 Å². The van der Waals surface area contributed by atoms with Crippen molar-refractivity contribution >= 4 is 0 Å². The summed E-state index contributed by atoms with van der Waals surface area (Å²) in [6.07, 6.45) is 4.78. The first kappa shape index (κ1) is 10.7. The van der Waals surface area contributed by atoms with Gasteiger partial charge in [0.2, 0.25) is 0 Å². The minimum Gasteiger partial charge on any atom is -0.312 e. The van der Waals surface area contributed by atoms with Crippen LogP contribution in [-0.2, 0) is 0 Å². The molecule has 1 unspecified atom stereocenters. The second-order valence-electron chi connectivity index (χ2n) is 4.05. The average Bonchev–Trinajstić information content (AvgIpc) is 2.94. The Hall–Kier alpha value is -0.340. The molecule has 76 valence electrons. The molecule has 0 spiro atoms. The molecule has 1 rings (SSSR count). The Morgan fingerprint density at radius 1 is 1.62 bits per heavy atom. The van der Waals surface area contributed by atoms with Crippen LogP contribution in [0.2, 0.25) is 0 Å². The van der Waals surface area contributed by atoms with Crippen LogP contribution in [0.1, 0.15) is 19.8 Å². The van der Waals surface area contributed by atoms with Gasteiger partial charge in [-0.1, -0.05) is 6.08 Å². The smallest absolute Gasteiger partial charge is 0.0132 e. The van der Waals surface area contributed by atoms with Crippen LogP contribution in [0, 0.1) is 5.92 Å². The molecular formula is C11H22N2. The van der Waals surface area contributed by atoms with Crippen molar-refractivity contribution in [2.45, 2.75) is 25.8 Å². The van der Waals surface area contributed by atoms with E-state index in [2.05, 4.69) is 30.8 Å². The minimum absolute atomic E-state index is 0.769. The van der Waals surface area contributed by atoms with Gasteiger partial charge in [0.15, 0.2) is 0 Å². The molecule has 1 saturated carbocycles. The summed E-state index contributed by atoms with van der Waals surface area (Å²) >= 11 is 0. The lowest BCUT2D eigenvalue weighted by molar-refractivity contribution is 0.236. The SMILES string of the molecule is C=CCNCCN(C)C(C)C1CC1. The van der Waals surface area contributed by atoms with Crippen LogP contribution in [0.5, 0.6) is 0 Å². The third-order valence-electron chi connectivity index (χ3n) is 2.93. The molecular weight excluding hydrogens is 160 g/mol. The molecule has 1 aliphatic carbocycles. The molecule has 0 aliphatic heterocycles. The van der Waals surface area contributed by atoms with E-state index in [1.54, 1.807) is 0 Å². The molecule has 2 heteroatoms. The molecule has 0 aromatic carbocycles. The zero-order chi connectivity index (χ0) is 9.68. The summed E-state index contributed by atoms with van der Waals surface area (Å²) < 4.78 is 0. The fraction of sp³-hybridized carbons (Fsp3) is 0.818. The topological polar surface area (TPSA) is 15.3 Å². The maximum absolute atomic E-state index is 3.67. The van der Waals surface area contributed by atoms with Gasteiger partial charge in [0.05, 0.1) is 0 Å². The molecule has 1 atom stereocenters. The van der Waals surface area contributed by atoms with Gasteiger partial charge in [-0.3, -0.25) is 0 Å². The van der Waals surface area contributed by atoms with Crippen molar-refractivity contribution in [1.82, 2.24) is 10.2 Å². The summed E-state index contributed by atoms with van der Waals surface area (Å²) in [6, 6.07) is 0.769. The molecule has 13 heavy (non-hydrogen) atoms. The molecule has 0 aromatic rings. The number of hydrogen-bond donors (Lipinski definition) is 1. The molecule has 0 aromatic heterocycles. The van der Waals surface area contributed by atoms with Crippen LogP contribution < -0.4 is 5.32 Å². The highest BCUT2D eigenvalue weighted by Gasteiger charge is 2.29. The molecule has 2 nitrogen and oxygen atoms in total. The minimum atomic E-state index is 0.769. The quantitative estimate of drug-likeness (QED) is 0.474. The third kappa shape index (κ3) is 3.92. The second-order valence-corrected chi connectivity index (χ2v) is 4.05. The Kier molecular flexibility index (Phi) is 4.46. The van der Waals surface area contributed by atoms with E-state index in [9.17, 15) is 0 Å². The molecule has 1 fully saturated rings. The van der Waals surface area contributed by atoms with E-state index < -0.39 is 0 Å². The van der Waals surface area contributed by atoms with Crippen LogP contribution in [0.15, 0.2) is 12.7 Å². The zero-order valence-corrected chi connectivity index (χ0v) is 8.92. The van der Waals surface area contributed by atoms with Gasteiger partial charge in [-0.25, -0.2) is 0 Å². The molecule has 1 N–H and O–H groups in total. The Morgan fingerprint density at radius 2 is 2.31 bits per heavy atom. The number of nitrogens with one attached hydrogen (secondary N) is 1. The number of likely N-dealkylation sites (N-methyl/N-ethyl adjacent to an activating group) is 1. The number of rotatable bonds is 7. The normalized spacial score (nSPS) is 19.0. The predicted octanol–water partition coefficient (Wildman–Crippen LogP) is 1.49. The Labute approximate surface area is 82.0 Å². The summed E-state index contributed by atoms with van der Waals surface area (Å²) in [4.78, 5) is 2.45. The van der Waals surface area contributed by atoms with Crippen LogP contribution in [0.4, 0.5) is 0 Å². The maximum Gasteiger partial charge on any atom is 0.0132 e. The van der Waals surface area contributed by atoms with Crippen molar-refractivity contribution in [3.63, 3.8) is 0 Å².